The smallest absolute Gasteiger partial charge is 0.870 e. The van der Waals surface area contributed by atoms with Crippen molar-refractivity contribution in [2.45, 2.75) is 77.8 Å². The number of aromatic nitrogens is 3. The minimum atomic E-state index is -4.03. The van der Waals surface area contributed by atoms with E-state index in [0.717, 1.165) is 59.6 Å². The molecule has 6 aromatic carbocycles. The Morgan fingerprint density at radius 3 is 1.12 bits per heavy atom. The molecule has 11 rings (SSSR count). The van der Waals surface area contributed by atoms with Crippen LogP contribution in [0.1, 0.15) is 71.8 Å². The SMILES string of the molecule is CCOC(=O)c1[nH]c2ccc(Cl)cc2c1S(=O)(=O)c1cc(C)cc(C)c1.CN1CCNCC1.Cc1cc(C)cc(S(=O)(=O)c2c(C(=O)N3CCN(C)CC3)[nH]c3ccc(Cl)cc23)c1.Cc1cc(C)cc(S(=O)(=O)c2c(C(=O)O)[nH]c3ccc(Cl)cc23)c1.[Li+].[OH-]. The van der Waals surface area contributed by atoms with Crippen molar-refractivity contribution in [3.8, 4) is 0 Å². The van der Waals surface area contributed by atoms with Crippen molar-refractivity contribution in [2.75, 3.05) is 73.1 Å². The number of esters is 1. The van der Waals surface area contributed by atoms with Gasteiger partial charge in [-0.25, -0.2) is 34.8 Å². The number of fused-ring (bicyclic) bond motifs is 3. The summed E-state index contributed by atoms with van der Waals surface area (Å²) in [4.78, 5) is 52.0. The van der Waals surface area contributed by atoms with Crippen molar-refractivity contribution in [2.24, 2.45) is 0 Å². The van der Waals surface area contributed by atoms with Crippen LogP contribution in [0.4, 0.5) is 0 Å². The van der Waals surface area contributed by atoms with Gasteiger partial charge in [0.1, 0.15) is 31.8 Å². The van der Waals surface area contributed by atoms with Crippen LogP contribution in [0, 0.1) is 41.5 Å². The number of aromatic amines is 3. The molecule has 0 atom stereocenters. The van der Waals surface area contributed by atoms with Gasteiger partial charge in [-0.15, -0.1) is 0 Å². The first-order valence-corrected chi connectivity index (χ1v) is 33.3. The van der Waals surface area contributed by atoms with Crippen molar-refractivity contribution >= 4 is 115 Å². The van der Waals surface area contributed by atoms with Gasteiger partial charge in [0.15, 0.2) is 0 Å². The molecule has 0 aliphatic carbocycles. The monoisotopic (exact) mass is 1320 g/mol. The van der Waals surface area contributed by atoms with E-state index in [9.17, 15) is 44.7 Å². The molecule has 0 spiro atoms. The summed E-state index contributed by atoms with van der Waals surface area (Å²) in [5.74, 6) is -2.37. The normalized spacial score (nSPS) is 13.9. The van der Waals surface area contributed by atoms with Gasteiger partial charge in [-0.1, -0.05) is 53.0 Å². The summed E-state index contributed by atoms with van der Waals surface area (Å²) in [6, 6.07) is 29.5. The topological polar surface area (TPSA) is 282 Å². The maximum atomic E-state index is 13.7. The Balaban J connectivity index is 0.000000200. The van der Waals surface area contributed by atoms with E-state index in [1.54, 1.807) is 92.4 Å². The number of ether oxygens (including phenoxy) is 1. The molecular weight excluding hydrogens is 1260 g/mol. The second-order valence-electron chi connectivity index (χ2n) is 21.7. The summed E-state index contributed by atoms with van der Waals surface area (Å²) in [5, 5.41) is 14.9. The zero-order valence-electron chi connectivity index (χ0n) is 50.9. The minimum Gasteiger partial charge on any atom is -0.870 e. The number of hydrogen-bond acceptors (Lipinski definition) is 14. The zero-order chi connectivity index (χ0) is 63.4. The number of rotatable bonds is 10. The Kier molecular flexibility index (Phi) is 23.8. The number of hydrogen-bond donors (Lipinski definition) is 5. The average Bonchev–Trinajstić information content (AvgIpc) is 1.68. The number of likely N-dealkylation sites (N-methyl/N-ethyl adjacent to an activating group) is 2. The molecule has 89 heavy (non-hydrogen) atoms. The van der Waals surface area contributed by atoms with Gasteiger partial charge in [0.25, 0.3) is 5.91 Å². The number of sulfone groups is 3. The average molecular weight is 1330 g/mol. The first kappa shape index (κ1) is 71.6. The van der Waals surface area contributed by atoms with E-state index in [2.05, 4.69) is 37.1 Å². The number of carbonyl (C=O) groups excluding carboxylic acids is 2. The predicted octanol–water partition coefficient (Wildman–Crippen LogP) is 8.42. The van der Waals surface area contributed by atoms with Gasteiger partial charge in [-0.05, 0) is 187 Å². The van der Waals surface area contributed by atoms with Crippen molar-refractivity contribution in [1.29, 1.82) is 0 Å². The van der Waals surface area contributed by atoms with Crippen molar-refractivity contribution in [1.82, 2.24) is 35.0 Å². The van der Waals surface area contributed by atoms with Crippen molar-refractivity contribution < 1.29 is 73.8 Å². The number of amides is 1. The summed E-state index contributed by atoms with van der Waals surface area (Å²) >= 11 is 18.2. The van der Waals surface area contributed by atoms with Crippen LogP contribution in [-0.4, -0.2) is 156 Å². The molecule has 2 aliphatic rings. The molecule has 3 aromatic heterocycles. The molecule has 2 aliphatic heterocycles. The maximum absolute atomic E-state index is 13.7. The van der Waals surface area contributed by atoms with Gasteiger partial charge in [0.05, 0.1) is 21.3 Å². The zero-order valence-corrected chi connectivity index (χ0v) is 55.7. The number of aromatic carboxylic acids is 1. The van der Waals surface area contributed by atoms with E-state index in [4.69, 9.17) is 39.5 Å². The maximum Gasteiger partial charge on any atom is 1.00 e. The molecule has 0 radical (unpaired) electrons. The molecular formula is C63H69Cl3LiN7O12S3. The van der Waals surface area contributed by atoms with Gasteiger partial charge in [-0.2, -0.15) is 0 Å². The van der Waals surface area contributed by atoms with Crippen LogP contribution < -0.4 is 24.2 Å². The number of carbonyl (C=O) groups is 3. The summed E-state index contributed by atoms with van der Waals surface area (Å²) in [6.07, 6.45) is 0. The second-order valence-corrected chi connectivity index (χ2v) is 28.7. The van der Waals surface area contributed by atoms with Crippen LogP contribution in [0.25, 0.3) is 32.7 Å². The molecule has 26 heteroatoms. The number of nitrogens with zero attached hydrogens (tertiary/aromatic N) is 3. The third kappa shape index (κ3) is 16.4. The van der Waals surface area contributed by atoms with Gasteiger partial charge in [0.2, 0.25) is 29.5 Å². The van der Waals surface area contributed by atoms with Gasteiger partial charge >= 0.3 is 30.8 Å². The molecule has 2 saturated heterocycles. The number of aryl methyl sites for hydroxylation is 6. The third-order valence-electron chi connectivity index (χ3n) is 14.5. The number of nitrogens with one attached hydrogen (secondary N) is 4. The molecule has 1 amide bonds. The fourth-order valence-electron chi connectivity index (χ4n) is 10.5. The Bertz CT molecular complexity index is 4420. The first-order chi connectivity index (χ1) is 41.0. The van der Waals surface area contributed by atoms with Crippen LogP contribution in [0.15, 0.2) is 139 Å². The molecule has 6 N–H and O–H groups in total. The molecule has 5 heterocycles. The van der Waals surface area contributed by atoms with E-state index in [1.807, 2.05) is 52.9 Å². The molecule has 2 fully saturated rings. The quantitative estimate of drug-likeness (QED) is 0.0634. The molecule has 19 nitrogen and oxygen atoms in total. The van der Waals surface area contributed by atoms with Crippen molar-refractivity contribution in [3.63, 3.8) is 0 Å². The Hall–Kier alpha value is -6.49. The Labute approximate surface area is 545 Å². The van der Waals surface area contributed by atoms with E-state index < -0.39 is 41.5 Å². The van der Waals surface area contributed by atoms with E-state index in [-0.39, 0.29) is 88.7 Å². The van der Waals surface area contributed by atoms with Crippen LogP contribution in [-0.2, 0) is 34.2 Å². The first-order valence-electron chi connectivity index (χ1n) is 27.7. The van der Waals surface area contributed by atoms with Crippen LogP contribution in [0.3, 0.4) is 0 Å². The minimum absolute atomic E-state index is 0. The third-order valence-corrected chi connectivity index (χ3v) is 20.7. The number of H-pyrrole nitrogens is 3. The fourth-order valence-corrected chi connectivity index (χ4v) is 16.3. The molecule has 9 aromatic rings. The number of carboxylic acid groups (broad SMARTS) is 1. The van der Waals surface area contributed by atoms with Crippen LogP contribution >= 0.6 is 34.8 Å². The van der Waals surface area contributed by atoms with Crippen molar-refractivity contribution in [3.05, 3.63) is 175 Å². The fraction of sp³-hybridized carbons (Fsp3) is 0.286. The molecule has 0 unspecified atom stereocenters. The van der Waals surface area contributed by atoms with Crippen LogP contribution in [0.5, 0.6) is 0 Å². The van der Waals surface area contributed by atoms with Gasteiger partial charge in [-0.3, -0.25) is 4.79 Å². The van der Waals surface area contributed by atoms with Crippen LogP contribution in [0.2, 0.25) is 15.1 Å². The number of carboxylic acids is 1. The Morgan fingerprint density at radius 1 is 0.483 bits per heavy atom. The molecule has 468 valence electrons. The molecule has 0 saturated carbocycles. The van der Waals surface area contributed by atoms with E-state index in [0.29, 0.717) is 55.5 Å². The predicted molar refractivity (Wildman–Crippen MR) is 343 cm³/mol. The number of benzene rings is 6. The van der Waals surface area contributed by atoms with Gasteiger partial charge in [0, 0.05) is 100 Å². The Morgan fingerprint density at radius 2 is 0.798 bits per heavy atom. The largest absolute Gasteiger partial charge is 1.00 e. The number of halogens is 3. The second kappa shape index (κ2) is 29.6. The molecule has 0 bridgehead atoms. The summed E-state index contributed by atoms with van der Waals surface area (Å²) in [7, 11) is -7.80. The van der Waals surface area contributed by atoms with E-state index in [1.165, 1.54) is 37.4 Å². The number of piperazine rings is 2. The summed E-state index contributed by atoms with van der Waals surface area (Å²) < 4.78 is 85.5. The summed E-state index contributed by atoms with van der Waals surface area (Å²) in [5.41, 5.74) is 5.99. The van der Waals surface area contributed by atoms with E-state index >= 15 is 0 Å². The summed E-state index contributed by atoms with van der Waals surface area (Å²) in [6.45, 7) is 20.1. The standard InChI is InChI=1S/C22H24ClN3O3S.C19H18ClNO4S.C17H14ClNO4S.C5H12N2.Li.H2O/c1-14-10-15(2)12-17(11-14)30(28,29)21-18-13-16(23)4-5-19(18)24-20(21)22(27)26-8-6-25(3)7-9-26;1-4-25-19(22)17-18(15-10-13(20)5-6-16(15)21-17)26(23,24)14-8-11(2)7-12(3)9-14;1-9-5-10(2)7-12(6-9)24(22,23)16-13-8-11(18)3-4-14(13)19-15(16)17(20)21;1-7-4-2-6-3-5-7;;/h4-5,10-13,24H,6-9H2,1-3H3;5-10,21H,4H2,1-3H3;3-8,19H,1-2H3,(H,20,21);6H,2-5H2,1H3;;1H2/q;;;;+1;/p-1. The van der Waals surface area contributed by atoms with Gasteiger partial charge < -0.3 is 50.3 Å².